The number of carbonyl (C=O) groups is 1. The number of rotatable bonds is 4. The van der Waals surface area contributed by atoms with Crippen LogP contribution in [-0.2, 0) is 4.74 Å². The van der Waals surface area contributed by atoms with Crippen LogP contribution in [0.1, 0.15) is 15.9 Å². The summed E-state index contributed by atoms with van der Waals surface area (Å²) in [5.74, 6) is -0.0926. The number of methoxy groups -OCH3 is 1. The van der Waals surface area contributed by atoms with Gasteiger partial charge >= 0.3 is 5.97 Å². The fraction of sp³-hybridized carbons (Fsp3) is 0.182. The zero-order valence-electron chi connectivity index (χ0n) is 9.12. The molecule has 0 bridgehead atoms. The minimum Gasteiger partial charge on any atom is -0.465 e. The van der Waals surface area contributed by atoms with E-state index in [0.717, 1.165) is 0 Å². The summed E-state index contributed by atoms with van der Waals surface area (Å²) >= 11 is 4.00. The van der Waals surface area contributed by atoms with Crippen molar-refractivity contribution in [2.24, 2.45) is 0 Å². The number of hydrogen-bond donors (Lipinski definition) is 1. The van der Waals surface area contributed by atoms with Gasteiger partial charge in [0.2, 0.25) is 0 Å². The smallest absolute Gasteiger partial charge is 0.338 e. The van der Waals surface area contributed by atoms with Crippen LogP contribution in [-0.4, -0.2) is 23.8 Å². The third-order valence-electron chi connectivity index (χ3n) is 2.06. The first-order valence-corrected chi connectivity index (χ1v) is 5.37. The molecule has 0 aliphatic carbocycles. The SMILES string of the molecule is COC(=O)c1cc([N+](=O)[O-])ccc1C=CCS. The Morgan fingerprint density at radius 1 is 1.59 bits per heavy atom. The van der Waals surface area contributed by atoms with E-state index in [0.29, 0.717) is 11.3 Å². The maximum absolute atomic E-state index is 11.5. The molecule has 0 fully saturated rings. The van der Waals surface area contributed by atoms with Gasteiger partial charge in [-0.1, -0.05) is 12.2 Å². The Morgan fingerprint density at radius 3 is 2.82 bits per heavy atom. The van der Waals surface area contributed by atoms with Crippen LogP contribution in [0.4, 0.5) is 5.69 Å². The molecular weight excluding hydrogens is 242 g/mol. The van der Waals surface area contributed by atoms with Gasteiger partial charge in [0.05, 0.1) is 17.6 Å². The molecule has 0 aliphatic rings. The Hall–Kier alpha value is -1.82. The predicted octanol–water partition coefficient (Wildman–Crippen LogP) is 2.32. The molecule has 1 aromatic carbocycles. The molecule has 0 radical (unpaired) electrons. The number of esters is 1. The molecule has 17 heavy (non-hydrogen) atoms. The fourth-order valence-electron chi connectivity index (χ4n) is 1.27. The maximum atomic E-state index is 11.5. The van der Waals surface area contributed by atoms with Gasteiger partial charge in [-0.15, -0.1) is 0 Å². The molecule has 0 spiro atoms. The van der Waals surface area contributed by atoms with Crippen LogP contribution < -0.4 is 0 Å². The number of non-ortho nitro benzene ring substituents is 1. The van der Waals surface area contributed by atoms with Crippen LogP contribution in [0.5, 0.6) is 0 Å². The second kappa shape index (κ2) is 6.05. The molecule has 0 aromatic heterocycles. The standard InChI is InChI=1S/C11H11NO4S/c1-16-11(13)10-7-9(12(14)15)5-4-8(10)3-2-6-17/h2-5,7,17H,6H2,1H3. The fourth-order valence-corrected chi connectivity index (χ4v) is 1.37. The molecule has 1 rings (SSSR count). The van der Waals surface area contributed by atoms with E-state index < -0.39 is 10.9 Å². The highest BCUT2D eigenvalue weighted by Crippen LogP contribution is 2.20. The highest BCUT2D eigenvalue weighted by atomic mass is 32.1. The molecule has 0 atom stereocenters. The third-order valence-corrected chi connectivity index (χ3v) is 2.27. The molecule has 0 heterocycles. The van der Waals surface area contributed by atoms with Crippen LogP contribution in [0.2, 0.25) is 0 Å². The van der Waals surface area contributed by atoms with Crippen molar-refractivity contribution in [2.75, 3.05) is 12.9 Å². The molecule has 0 saturated carbocycles. The van der Waals surface area contributed by atoms with Crippen molar-refractivity contribution in [3.63, 3.8) is 0 Å². The van der Waals surface area contributed by atoms with E-state index in [9.17, 15) is 14.9 Å². The van der Waals surface area contributed by atoms with Gasteiger partial charge in [-0.3, -0.25) is 10.1 Å². The number of thiol groups is 1. The number of ether oxygens (including phenoxy) is 1. The maximum Gasteiger partial charge on any atom is 0.338 e. The summed E-state index contributed by atoms with van der Waals surface area (Å²) < 4.78 is 4.58. The largest absolute Gasteiger partial charge is 0.465 e. The number of nitrogens with zero attached hydrogens (tertiary/aromatic N) is 1. The lowest BCUT2D eigenvalue weighted by atomic mass is 10.1. The Balaban J connectivity index is 3.26. The van der Waals surface area contributed by atoms with Crippen LogP contribution >= 0.6 is 12.6 Å². The molecule has 90 valence electrons. The summed E-state index contributed by atoms with van der Waals surface area (Å²) in [4.78, 5) is 21.5. The van der Waals surface area contributed by atoms with Crippen LogP contribution in [0.25, 0.3) is 6.08 Å². The van der Waals surface area contributed by atoms with Gasteiger partial charge in [0.1, 0.15) is 0 Å². The Labute approximate surface area is 104 Å². The van der Waals surface area contributed by atoms with E-state index in [1.54, 1.807) is 12.2 Å². The van der Waals surface area contributed by atoms with Crippen molar-refractivity contribution < 1.29 is 14.5 Å². The third kappa shape index (κ3) is 3.32. The molecule has 5 nitrogen and oxygen atoms in total. The van der Waals surface area contributed by atoms with Gasteiger partial charge in [-0.25, -0.2) is 4.79 Å². The average Bonchev–Trinajstić information content (AvgIpc) is 2.35. The van der Waals surface area contributed by atoms with E-state index in [2.05, 4.69) is 17.4 Å². The minimum absolute atomic E-state index is 0.145. The van der Waals surface area contributed by atoms with Crippen molar-refractivity contribution >= 4 is 30.4 Å². The zero-order valence-corrected chi connectivity index (χ0v) is 10.0. The second-order valence-electron chi connectivity index (χ2n) is 3.11. The molecule has 0 unspecified atom stereocenters. The molecule has 0 aliphatic heterocycles. The van der Waals surface area contributed by atoms with Gasteiger partial charge in [0, 0.05) is 17.9 Å². The summed E-state index contributed by atoms with van der Waals surface area (Å²) in [7, 11) is 1.23. The summed E-state index contributed by atoms with van der Waals surface area (Å²) in [5, 5.41) is 10.6. The molecule has 1 aromatic rings. The molecule has 6 heteroatoms. The van der Waals surface area contributed by atoms with Gasteiger partial charge < -0.3 is 4.74 Å². The van der Waals surface area contributed by atoms with Gasteiger partial charge in [0.25, 0.3) is 5.69 Å². The number of carbonyl (C=O) groups excluding carboxylic acids is 1. The Kier molecular flexibility index (Phi) is 4.71. The number of hydrogen-bond acceptors (Lipinski definition) is 5. The minimum atomic E-state index is -0.604. The van der Waals surface area contributed by atoms with Crippen molar-refractivity contribution in [1.82, 2.24) is 0 Å². The summed E-state index contributed by atoms with van der Waals surface area (Å²) in [5.41, 5.74) is 0.588. The Bertz CT molecular complexity index is 471. The van der Waals surface area contributed by atoms with Crippen molar-refractivity contribution in [1.29, 1.82) is 0 Å². The monoisotopic (exact) mass is 253 g/mol. The van der Waals surface area contributed by atoms with Crippen molar-refractivity contribution in [3.8, 4) is 0 Å². The van der Waals surface area contributed by atoms with E-state index >= 15 is 0 Å². The summed E-state index contributed by atoms with van der Waals surface area (Å²) in [6, 6.07) is 4.04. The van der Waals surface area contributed by atoms with E-state index in [-0.39, 0.29) is 11.3 Å². The average molecular weight is 253 g/mol. The van der Waals surface area contributed by atoms with E-state index in [4.69, 9.17) is 0 Å². The summed E-state index contributed by atoms with van der Waals surface area (Å²) in [6.45, 7) is 0. The second-order valence-corrected chi connectivity index (χ2v) is 3.47. The topological polar surface area (TPSA) is 69.4 Å². The first-order valence-electron chi connectivity index (χ1n) is 4.74. The number of nitro benzene ring substituents is 1. The zero-order chi connectivity index (χ0) is 12.8. The quantitative estimate of drug-likeness (QED) is 0.387. The lowest BCUT2D eigenvalue weighted by Gasteiger charge is -2.03. The molecule has 0 N–H and O–H groups in total. The first kappa shape index (κ1) is 13.2. The lowest BCUT2D eigenvalue weighted by molar-refractivity contribution is -0.384. The van der Waals surface area contributed by atoms with Crippen LogP contribution in [0.3, 0.4) is 0 Å². The molecule has 0 amide bonds. The first-order chi connectivity index (χ1) is 8.10. The van der Waals surface area contributed by atoms with Crippen molar-refractivity contribution in [3.05, 3.63) is 45.5 Å². The predicted molar refractivity (Wildman–Crippen MR) is 67.3 cm³/mol. The van der Waals surface area contributed by atoms with E-state index in [1.807, 2.05) is 0 Å². The normalized spacial score (nSPS) is 10.5. The van der Waals surface area contributed by atoms with Crippen molar-refractivity contribution in [2.45, 2.75) is 0 Å². The lowest BCUT2D eigenvalue weighted by Crippen LogP contribution is -2.04. The molecule has 0 saturated heterocycles. The highest BCUT2D eigenvalue weighted by Gasteiger charge is 2.15. The number of nitro groups is 1. The van der Waals surface area contributed by atoms with Gasteiger partial charge in [-0.2, -0.15) is 12.6 Å². The van der Waals surface area contributed by atoms with Gasteiger partial charge in [0.15, 0.2) is 0 Å². The van der Waals surface area contributed by atoms with Crippen LogP contribution in [0.15, 0.2) is 24.3 Å². The van der Waals surface area contributed by atoms with Crippen LogP contribution in [0, 0.1) is 10.1 Å². The number of benzene rings is 1. The van der Waals surface area contributed by atoms with Gasteiger partial charge in [-0.05, 0) is 11.6 Å². The van der Waals surface area contributed by atoms with E-state index in [1.165, 1.54) is 25.3 Å². The summed E-state index contributed by atoms with van der Waals surface area (Å²) in [6.07, 6.45) is 3.40. The molecular formula is C11H11NO4S. The highest BCUT2D eigenvalue weighted by molar-refractivity contribution is 7.80. The Morgan fingerprint density at radius 2 is 2.29 bits per heavy atom.